The van der Waals surface area contributed by atoms with Crippen LogP contribution >= 0.6 is 0 Å². The van der Waals surface area contributed by atoms with Crippen molar-refractivity contribution < 1.29 is 13.6 Å². The molecule has 0 amide bonds. The lowest BCUT2D eigenvalue weighted by Crippen LogP contribution is -2.39. The first kappa shape index (κ1) is 17.7. The fourth-order valence-electron chi connectivity index (χ4n) is 2.86. The van der Waals surface area contributed by atoms with Gasteiger partial charge in [0, 0.05) is 6.42 Å². The van der Waals surface area contributed by atoms with Crippen LogP contribution in [0.25, 0.3) is 0 Å². The Kier molecular flexibility index (Phi) is 6.36. The number of benzene rings is 1. The second-order valence-electron chi connectivity index (χ2n) is 5.89. The van der Waals surface area contributed by atoms with Gasteiger partial charge in [0.25, 0.3) is 0 Å². The van der Waals surface area contributed by atoms with Gasteiger partial charge in [0.15, 0.2) is 20.2 Å². The summed E-state index contributed by atoms with van der Waals surface area (Å²) >= 11 is 0. The van der Waals surface area contributed by atoms with Crippen LogP contribution in [0.5, 0.6) is 0 Å². The number of furan rings is 1. The lowest BCUT2D eigenvalue weighted by Gasteiger charge is -2.31. The Bertz CT molecular complexity index is 580. The van der Waals surface area contributed by atoms with Gasteiger partial charge >= 0.3 is 0 Å². The summed E-state index contributed by atoms with van der Waals surface area (Å²) < 4.78 is 12.0. The van der Waals surface area contributed by atoms with Gasteiger partial charge in [-0.15, -0.1) is 0 Å². The highest BCUT2D eigenvalue weighted by molar-refractivity contribution is 6.73. The van der Waals surface area contributed by atoms with Crippen LogP contribution in [0.3, 0.4) is 0 Å². The summed E-state index contributed by atoms with van der Waals surface area (Å²) in [5.74, 6) is 0.691. The number of hydrogen-bond donors (Lipinski definition) is 0. The predicted molar refractivity (Wildman–Crippen MR) is 94.9 cm³/mol. The summed E-state index contributed by atoms with van der Waals surface area (Å²) in [4.78, 5) is 12.9. The third-order valence-corrected chi connectivity index (χ3v) is 9.22. The van der Waals surface area contributed by atoms with Crippen LogP contribution in [0.1, 0.15) is 38.2 Å². The zero-order valence-electron chi connectivity index (χ0n) is 14.2. The maximum atomic E-state index is 12.9. The predicted octanol–water partition coefficient (Wildman–Crippen LogP) is 5.15. The molecule has 2 aromatic rings. The van der Waals surface area contributed by atoms with E-state index < -0.39 is 14.4 Å². The molecule has 1 atom stereocenters. The molecule has 0 bridgehead atoms. The zero-order chi connectivity index (χ0) is 16.7. The number of rotatable bonds is 9. The van der Waals surface area contributed by atoms with Gasteiger partial charge in [0.1, 0.15) is 5.76 Å². The molecular weight excluding hydrogens is 304 g/mol. The van der Waals surface area contributed by atoms with Gasteiger partial charge in [-0.25, -0.2) is 0 Å². The molecule has 0 N–H and O–H groups in total. The maximum absolute atomic E-state index is 12.9. The molecule has 0 spiro atoms. The molecule has 1 unspecified atom stereocenters. The van der Waals surface area contributed by atoms with Crippen molar-refractivity contribution in [2.45, 2.75) is 51.4 Å². The first-order valence-electron chi connectivity index (χ1n) is 8.42. The van der Waals surface area contributed by atoms with E-state index in [1.165, 1.54) is 0 Å². The van der Waals surface area contributed by atoms with Crippen LogP contribution in [0.15, 0.2) is 53.1 Å². The molecule has 1 heterocycles. The van der Waals surface area contributed by atoms with Gasteiger partial charge in [-0.1, -0.05) is 51.1 Å². The lowest BCUT2D eigenvalue weighted by atomic mass is 10.0. The van der Waals surface area contributed by atoms with E-state index in [1.807, 2.05) is 42.5 Å². The summed E-state index contributed by atoms with van der Waals surface area (Å²) in [5.41, 5.74) is 1.01. The Balaban J connectivity index is 2.23. The Morgan fingerprint density at radius 3 is 2.22 bits per heavy atom. The van der Waals surface area contributed by atoms with Crippen molar-refractivity contribution in [1.29, 1.82) is 0 Å². The van der Waals surface area contributed by atoms with Gasteiger partial charge < -0.3 is 8.84 Å². The van der Waals surface area contributed by atoms with Crippen LogP contribution in [-0.4, -0.2) is 14.1 Å². The monoisotopic (exact) mass is 330 g/mol. The van der Waals surface area contributed by atoms with Gasteiger partial charge in [0.2, 0.25) is 0 Å². The molecule has 124 valence electrons. The lowest BCUT2D eigenvalue weighted by molar-refractivity contribution is -0.126. The third-order valence-electron chi connectivity index (χ3n) is 4.62. The van der Waals surface area contributed by atoms with Crippen molar-refractivity contribution in [3.8, 4) is 0 Å². The van der Waals surface area contributed by atoms with E-state index in [2.05, 4.69) is 20.8 Å². The second kappa shape index (κ2) is 8.27. The first-order chi connectivity index (χ1) is 11.1. The average molecular weight is 331 g/mol. The number of carbonyl (C=O) groups is 1. The van der Waals surface area contributed by atoms with Crippen molar-refractivity contribution >= 4 is 14.1 Å². The van der Waals surface area contributed by atoms with E-state index in [0.717, 1.165) is 23.7 Å². The van der Waals surface area contributed by atoms with Crippen molar-refractivity contribution in [1.82, 2.24) is 0 Å². The first-order valence-corrected chi connectivity index (χ1v) is 10.9. The number of ketones is 1. The van der Waals surface area contributed by atoms with Gasteiger partial charge in [-0.3, -0.25) is 4.79 Å². The molecule has 0 saturated heterocycles. The fraction of sp³-hybridized carbons (Fsp3) is 0.421. The van der Waals surface area contributed by atoms with E-state index in [1.54, 1.807) is 6.26 Å². The standard InChI is InChI=1S/C19H26O3Si/c1-4-23(5-2,6-3)22-19(18-13-10-14-21-18)17(20)15-16-11-8-7-9-12-16/h7-14,19H,4-6,15H2,1-3H3. The molecule has 4 heteroatoms. The molecule has 0 aliphatic heterocycles. The van der Waals surface area contributed by atoms with E-state index in [4.69, 9.17) is 8.84 Å². The molecular formula is C19H26O3Si. The van der Waals surface area contributed by atoms with Crippen LogP contribution in [0, 0.1) is 0 Å². The average Bonchev–Trinajstić information content (AvgIpc) is 3.12. The summed E-state index contributed by atoms with van der Waals surface area (Å²) in [6, 6.07) is 16.5. The number of hydrogen-bond acceptors (Lipinski definition) is 3. The molecule has 2 rings (SSSR count). The van der Waals surface area contributed by atoms with E-state index >= 15 is 0 Å². The molecule has 0 saturated carbocycles. The Morgan fingerprint density at radius 1 is 1.04 bits per heavy atom. The van der Waals surface area contributed by atoms with Crippen molar-refractivity contribution in [2.75, 3.05) is 0 Å². The van der Waals surface area contributed by atoms with Crippen LogP contribution in [0.4, 0.5) is 0 Å². The maximum Gasteiger partial charge on any atom is 0.193 e. The normalized spacial score (nSPS) is 13.0. The minimum atomic E-state index is -1.90. The highest BCUT2D eigenvalue weighted by Crippen LogP contribution is 2.31. The third kappa shape index (κ3) is 4.42. The second-order valence-corrected chi connectivity index (χ2v) is 10.6. The molecule has 0 aliphatic rings. The largest absolute Gasteiger partial charge is 0.466 e. The zero-order valence-corrected chi connectivity index (χ0v) is 15.2. The molecule has 1 aromatic carbocycles. The molecule has 0 radical (unpaired) electrons. The van der Waals surface area contributed by atoms with Crippen molar-refractivity contribution in [3.63, 3.8) is 0 Å². The van der Waals surface area contributed by atoms with Crippen LogP contribution < -0.4 is 0 Å². The van der Waals surface area contributed by atoms with Gasteiger partial charge in [-0.05, 0) is 35.8 Å². The highest BCUT2D eigenvalue weighted by Gasteiger charge is 2.36. The summed E-state index contributed by atoms with van der Waals surface area (Å²) in [6.45, 7) is 6.50. The summed E-state index contributed by atoms with van der Waals surface area (Å²) in [6.07, 6.45) is 1.39. The minimum Gasteiger partial charge on any atom is -0.466 e. The summed E-state index contributed by atoms with van der Waals surface area (Å²) in [7, 11) is -1.90. The Labute approximate surface area is 139 Å². The quantitative estimate of drug-likeness (QED) is 0.597. The molecule has 3 nitrogen and oxygen atoms in total. The number of Topliss-reactive ketones (excluding diaryl/α,β-unsaturated/α-hetero) is 1. The fourth-order valence-corrected chi connectivity index (χ4v) is 5.61. The summed E-state index contributed by atoms with van der Waals surface area (Å²) in [5, 5.41) is 0. The minimum absolute atomic E-state index is 0.0679. The van der Waals surface area contributed by atoms with E-state index in [0.29, 0.717) is 12.2 Å². The van der Waals surface area contributed by atoms with Gasteiger partial charge in [-0.2, -0.15) is 0 Å². The SMILES string of the molecule is CC[Si](CC)(CC)OC(C(=O)Cc1ccccc1)c1ccco1. The molecule has 0 aliphatic carbocycles. The Morgan fingerprint density at radius 2 is 1.70 bits per heavy atom. The van der Waals surface area contributed by atoms with Crippen molar-refractivity contribution in [2.24, 2.45) is 0 Å². The van der Waals surface area contributed by atoms with E-state index in [-0.39, 0.29) is 5.78 Å². The van der Waals surface area contributed by atoms with Crippen molar-refractivity contribution in [3.05, 3.63) is 60.1 Å². The molecule has 1 aromatic heterocycles. The number of carbonyl (C=O) groups excluding carboxylic acids is 1. The van der Waals surface area contributed by atoms with Gasteiger partial charge in [0.05, 0.1) is 6.26 Å². The smallest absolute Gasteiger partial charge is 0.193 e. The molecule has 23 heavy (non-hydrogen) atoms. The van der Waals surface area contributed by atoms with E-state index in [9.17, 15) is 4.79 Å². The van der Waals surface area contributed by atoms with Crippen LogP contribution in [-0.2, 0) is 15.6 Å². The highest BCUT2D eigenvalue weighted by atomic mass is 28.4. The van der Waals surface area contributed by atoms with Crippen LogP contribution in [0.2, 0.25) is 18.1 Å². The molecule has 0 fully saturated rings. The Hall–Kier alpha value is -1.65. The topological polar surface area (TPSA) is 39.4 Å².